The predicted octanol–water partition coefficient (Wildman–Crippen LogP) is 10.0. The summed E-state index contributed by atoms with van der Waals surface area (Å²) in [5, 5.41) is 40.0. The number of nitrogens with zero attached hydrogens (tertiary/aromatic N) is 7. The average Bonchev–Trinajstić information content (AvgIpc) is 3.22. The van der Waals surface area contributed by atoms with Crippen molar-refractivity contribution in [3.63, 3.8) is 0 Å². The summed E-state index contributed by atoms with van der Waals surface area (Å²) in [5.74, 6) is -7.17. The van der Waals surface area contributed by atoms with Crippen molar-refractivity contribution in [1.82, 2.24) is 15.0 Å². The molecule has 2 aromatic heterocycles. The van der Waals surface area contributed by atoms with Gasteiger partial charge in [-0.1, -0.05) is 66.7 Å². The zero-order chi connectivity index (χ0) is 37.7. The van der Waals surface area contributed by atoms with Crippen LogP contribution >= 0.6 is 0 Å². The Morgan fingerprint density at radius 2 is 1.00 bits per heavy atom. The van der Waals surface area contributed by atoms with Gasteiger partial charge in [0.15, 0.2) is 23.3 Å². The fourth-order valence-corrected chi connectivity index (χ4v) is 6.60. The number of pyridine rings is 1. The van der Waals surface area contributed by atoms with E-state index in [0.29, 0.717) is 55.3 Å². The monoisotopic (exact) mass is 707 g/mol. The molecule has 8 rings (SSSR count). The topological polar surface area (TPSA) is 134 Å². The summed E-state index contributed by atoms with van der Waals surface area (Å²) in [4.78, 5) is 15.0. The van der Waals surface area contributed by atoms with Gasteiger partial charge in [-0.25, -0.2) is 32.5 Å². The van der Waals surface area contributed by atoms with Crippen LogP contribution in [0.2, 0.25) is 0 Å². The number of para-hydroxylation sites is 1. The Kier molecular flexibility index (Phi) is 7.96. The van der Waals surface area contributed by atoms with Gasteiger partial charge in [-0.05, 0) is 42.0 Å². The molecule has 0 saturated heterocycles. The zero-order valence-electron chi connectivity index (χ0n) is 27.5. The van der Waals surface area contributed by atoms with Crippen LogP contribution in [-0.2, 0) is 0 Å². The Morgan fingerprint density at radius 1 is 0.463 bits per heavy atom. The van der Waals surface area contributed by atoms with Crippen LogP contribution in [0, 0.1) is 68.6 Å². The molecule has 0 saturated carbocycles. The van der Waals surface area contributed by atoms with E-state index in [1.807, 2.05) is 0 Å². The highest BCUT2D eigenvalue weighted by atomic mass is 19.2. The molecule has 0 aliphatic rings. The third-order valence-electron chi connectivity index (χ3n) is 9.13. The van der Waals surface area contributed by atoms with E-state index in [1.165, 1.54) is 30.3 Å². The van der Waals surface area contributed by atoms with Crippen LogP contribution < -0.4 is 0 Å². The normalized spacial score (nSPS) is 10.9. The van der Waals surface area contributed by atoms with Crippen molar-refractivity contribution in [2.24, 2.45) is 0 Å². The molecule has 0 fully saturated rings. The average molecular weight is 708 g/mol. The highest BCUT2D eigenvalue weighted by Gasteiger charge is 2.29. The molecule has 252 valence electrons. The Morgan fingerprint density at radius 3 is 1.56 bits per heavy atom. The lowest BCUT2D eigenvalue weighted by Crippen LogP contribution is -2.05. The number of fused-ring (bicyclic) bond motifs is 5. The fraction of sp³-hybridized carbons (Fsp3) is 0. The van der Waals surface area contributed by atoms with E-state index < -0.39 is 34.4 Å². The lowest BCUT2D eigenvalue weighted by Gasteiger charge is -2.18. The zero-order valence-corrected chi connectivity index (χ0v) is 27.5. The van der Waals surface area contributed by atoms with Gasteiger partial charge < -0.3 is 0 Å². The largest absolute Gasteiger partial charge is 0.247 e. The van der Waals surface area contributed by atoms with E-state index in [1.54, 1.807) is 78.9 Å². The summed E-state index contributed by atoms with van der Waals surface area (Å²) < 4.78 is 61.1. The number of benzene rings is 6. The van der Waals surface area contributed by atoms with Gasteiger partial charge in [-0.3, -0.25) is 0 Å². The molecule has 0 aliphatic heterocycles. The SMILES string of the molecule is N#Cc1ccc(-c2nc3c(C#N)cc4c(-c5ccccc5-c5c(F)c(F)c(C#N)c(F)c5F)nc5ccccc5c4c3nc2-c2ccc(C#N)cc2)cc1. The van der Waals surface area contributed by atoms with Crippen molar-refractivity contribution in [3.8, 4) is 69.2 Å². The van der Waals surface area contributed by atoms with Gasteiger partial charge in [0.2, 0.25) is 0 Å². The fourth-order valence-electron chi connectivity index (χ4n) is 6.60. The molecule has 0 bridgehead atoms. The molecule has 54 heavy (non-hydrogen) atoms. The van der Waals surface area contributed by atoms with E-state index in [4.69, 9.17) is 15.0 Å². The first-order chi connectivity index (χ1) is 26.3. The number of hydrogen-bond acceptors (Lipinski definition) is 7. The summed E-state index contributed by atoms with van der Waals surface area (Å²) in [6.45, 7) is 0. The number of halogens is 4. The molecule has 8 aromatic rings. The second-order valence-electron chi connectivity index (χ2n) is 12.1. The highest BCUT2D eigenvalue weighted by molar-refractivity contribution is 6.22. The van der Waals surface area contributed by atoms with Crippen molar-refractivity contribution < 1.29 is 17.6 Å². The maximum atomic E-state index is 15.6. The van der Waals surface area contributed by atoms with Crippen LogP contribution in [0.15, 0.2) is 103 Å². The summed E-state index contributed by atoms with van der Waals surface area (Å²) in [5.41, 5.74) is 1.38. The van der Waals surface area contributed by atoms with Crippen LogP contribution in [0.5, 0.6) is 0 Å². The Hall–Kier alpha value is -7.99. The third kappa shape index (κ3) is 5.13. The molecular weight excluding hydrogens is 691 g/mol. The lowest BCUT2D eigenvalue weighted by molar-refractivity contribution is 0.454. The van der Waals surface area contributed by atoms with Crippen molar-refractivity contribution in [2.45, 2.75) is 0 Å². The standard InChI is InChI=1S/C43H17F4N7/c44-35-31(21-51)36(45)38(47)34(37(35)46)27-5-1-2-6-28(27)42-30-17-26(20-50)41-43(33(30)29-7-3-4-8-32(29)52-42)54-40(25-15-11-23(19-49)12-16-25)39(53-41)24-13-9-22(18-48)10-14-24/h1-17H. The molecule has 11 heteroatoms. The summed E-state index contributed by atoms with van der Waals surface area (Å²) in [6.07, 6.45) is 0. The van der Waals surface area contributed by atoms with Gasteiger partial charge in [0.05, 0.1) is 62.5 Å². The van der Waals surface area contributed by atoms with E-state index in [-0.39, 0.29) is 33.4 Å². The third-order valence-corrected chi connectivity index (χ3v) is 9.13. The molecule has 0 N–H and O–H groups in total. The highest BCUT2D eigenvalue weighted by Crippen LogP contribution is 2.44. The molecule has 0 unspecified atom stereocenters. The van der Waals surface area contributed by atoms with Crippen LogP contribution in [0.25, 0.3) is 77.6 Å². The first-order valence-corrected chi connectivity index (χ1v) is 16.1. The molecule has 0 amide bonds. The van der Waals surface area contributed by atoms with Gasteiger partial charge in [-0.2, -0.15) is 21.0 Å². The summed E-state index contributed by atoms with van der Waals surface area (Å²) >= 11 is 0. The van der Waals surface area contributed by atoms with Crippen LogP contribution in [0.3, 0.4) is 0 Å². The quantitative estimate of drug-likeness (QED) is 0.101. The smallest absolute Gasteiger partial charge is 0.180 e. The molecule has 0 radical (unpaired) electrons. The van der Waals surface area contributed by atoms with E-state index in [0.717, 1.165) is 0 Å². The lowest BCUT2D eigenvalue weighted by atomic mass is 9.91. The van der Waals surface area contributed by atoms with Crippen LogP contribution in [-0.4, -0.2) is 15.0 Å². The van der Waals surface area contributed by atoms with Crippen molar-refractivity contribution in [3.05, 3.63) is 149 Å². The molecular formula is C43H17F4N7. The van der Waals surface area contributed by atoms with Crippen molar-refractivity contribution in [1.29, 1.82) is 21.0 Å². The first-order valence-electron chi connectivity index (χ1n) is 16.1. The van der Waals surface area contributed by atoms with Gasteiger partial charge in [0, 0.05) is 32.8 Å². The Bertz CT molecular complexity index is 3050. The Labute approximate surface area is 303 Å². The minimum absolute atomic E-state index is 0.0762. The number of nitriles is 4. The second kappa shape index (κ2) is 13.0. The summed E-state index contributed by atoms with van der Waals surface area (Å²) in [6, 6.07) is 35.3. The van der Waals surface area contributed by atoms with E-state index in [9.17, 15) is 29.8 Å². The van der Waals surface area contributed by atoms with Gasteiger partial charge in [0.1, 0.15) is 23.2 Å². The van der Waals surface area contributed by atoms with Crippen LogP contribution in [0.4, 0.5) is 17.6 Å². The Balaban J connectivity index is 1.52. The number of hydrogen-bond donors (Lipinski definition) is 0. The van der Waals surface area contributed by atoms with Crippen LogP contribution in [0.1, 0.15) is 22.3 Å². The molecule has 0 aliphatic carbocycles. The number of rotatable bonds is 4. The molecule has 0 atom stereocenters. The molecule has 7 nitrogen and oxygen atoms in total. The van der Waals surface area contributed by atoms with Crippen molar-refractivity contribution in [2.75, 3.05) is 0 Å². The molecule has 2 heterocycles. The van der Waals surface area contributed by atoms with Gasteiger partial charge in [-0.15, -0.1) is 0 Å². The van der Waals surface area contributed by atoms with Crippen molar-refractivity contribution >= 4 is 32.7 Å². The minimum Gasteiger partial charge on any atom is -0.247 e. The maximum absolute atomic E-state index is 15.6. The van der Waals surface area contributed by atoms with E-state index >= 15 is 8.78 Å². The van der Waals surface area contributed by atoms with Gasteiger partial charge >= 0.3 is 0 Å². The molecule has 6 aromatic carbocycles. The molecule has 0 spiro atoms. The predicted molar refractivity (Wildman–Crippen MR) is 193 cm³/mol. The van der Waals surface area contributed by atoms with E-state index in [2.05, 4.69) is 18.2 Å². The summed E-state index contributed by atoms with van der Waals surface area (Å²) in [7, 11) is 0. The maximum Gasteiger partial charge on any atom is 0.180 e. The first kappa shape index (κ1) is 33.2. The second-order valence-corrected chi connectivity index (χ2v) is 12.1. The van der Waals surface area contributed by atoms with Gasteiger partial charge in [0.25, 0.3) is 0 Å². The minimum atomic E-state index is -1.83. The number of aromatic nitrogens is 3.